The monoisotopic (exact) mass is 442 g/mol. The number of rotatable bonds is 8. The van der Waals surface area contributed by atoms with Gasteiger partial charge in [-0.25, -0.2) is 0 Å². The van der Waals surface area contributed by atoms with Crippen molar-refractivity contribution in [1.29, 1.82) is 5.26 Å². The van der Waals surface area contributed by atoms with Gasteiger partial charge < -0.3 is 15.2 Å². The van der Waals surface area contributed by atoms with Gasteiger partial charge in [0.25, 0.3) is 0 Å². The zero-order chi connectivity index (χ0) is 23.8. The molecule has 5 nitrogen and oxygen atoms in total. The number of hydrogen-bond donors (Lipinski definition) is 1. The molecule has 3 aromatic rings. The van der Waals surface area contributed by atoms with Crippen molar-refractivity contribution in [2.24, 2.45) is 11.7 Å². The molecule has 0 bridgehead atoms. The molecule has 0 heterocycles. The van der Waals surface area contributed by atoms with Gasteiger partial charge in [0.05, 0.1) is 12.1 Å². The molecule has 0 aliphatic heterocycles. The minimum Gasteiger partial charge on any atom is -0.489 e. The van der Waals surface area contributed by atoms with Crippen LogP contribution < -0.4 is 10.5 Å². The third kappa shape index (κ3) is 6.44. The Labute approximate surface area is 195 Å². The summed E-state index contributed by atoms with van der Waals surface area (Å²) >= 11 is 0. The van der Waals surface area contributed by atoms with Gasteiger partial charge in [-0.2, -0.15) is 5.26 Å². The Kier molecular flexibility index (Phi) is 7.87. The quantitative estimate of drug-likeness (QED) is 0.469. The summed E-state index contributed by atoms with van der Waals surface area (Å²) in [5, 5.41) is 9.66. The van der Waals surface area contributed by atoms with E-state index in [9.17, 15) is 10.1 Å². The maximum Gasteiger partial charge on any atom is 0.325 e. The molecule has 0 aliphatic rings. The lowest BCUT2D eigenvalue weighted by atomic mass is 9.83. The van der Waals surface area contributed by atoms with Crippen molar-refractivity contribution in [3.05, 3.63) is 101 Å². The Hall–Kier alpha value is -3.62. The van der Waals surface area contributed by atoms with Gasteiger partial charge in [-0.1, -0.05) is 87.5 Å². The Morgan fingerprint density at radius 2 is 1.52 bits per heavy atom. The number of esters is 1. The Bertz CT molecular complexity index is 1100. The topological polar surface area (TPSA) is 85.3 Å². The van der Waals surface area contributed by atoms with Crippen LogP contribution >= 0.6 is 0 Å². The maximum absolute atomic E-state index is 12.6. The zero-order valence-corrected chi connectivity index (χ0v) is 19.3. The average Bonchev–Trinajstić information content (AvgIpc) is 2.82. The minimum absolute atomic E-state index is 0.101. The van der Waals surface area contributed by atoms with Crippen molar-refractivity contribution in [2.75, 3.05) is 0 Å². The van der Waals surface area contributed by atoms with E-state index in [4.69, 9.17) is 15.2 Å². The van der Waals surface area contributed by atoms with Gasteiger partial charge in [-0.15, -0.1) is 0 Å². The molecule has 0 radical (unpaired) electrons. The van der Waals surface area contributed by atoms with Crippen LogP contribution in [0.15, 0.2) is 78.9 Å². The second-order valence-corrected chi connectivity index (χ2v) is 9.01. The molecule has 5 heteroatoms. The van der Waals surface area contributed by atoms with Crippen LogP contribution in [-0.4, -0.2) is 5.97 Å². The highest BCUT2D eigenvalue weighted by Crippen LogP contribution is 2.35. The van der Waals surface area contributed by atoms with E-state index < -0.39 is 17.9 Å². The molecule has 0 saturated heterocycles. The van der Waals surface area contributed by atoms with Crippen molar-refractivity contribution >= 4 is 5.97 Å². The number of nitriles is 1. The van der Waals surface area contributed by atoms with Gasteiger partial charge in [0.1, 0.15) is 19.0 Å². The number of nitrogens with two attached hydrogens (primary N) is 1. The lowest BCUT2D eigenvalue weighted by Gasteiger charge is -2.25. The van der Waals surface area contributed by atoms with Gasteiger partial charge in [-0.3, -0.25) is 4.79 Å². The summed E-state index contributed by atoms with van der Waals surface area (Å²) < 4.78 is 11.5. The first-order valence-corrected chi connectivity index (χ1v) is 11.0. The second-order valence-electron chi connectivity index (χ2n) is 9.01. The first-order valence-electron chi connectivity index (χ1n) is 11.0. The van der Waals surface area contributed by atoms with Gasteiger partial charge in [-0.05, 0) is 39.8 Å². The zero-order valence-electron chi connectivity index (χ0n) is 19.3. The Balaban J connectivity index is 1.77. The van der Waals surface area contributed by atoms with E-state index in [-0.39, 0.29) is 12.0 Å². The average molecular weight is 443 g/mol. The summed E-state index contributed by atoms with van der Waals surface area (Å²) in [4.78, 5) is 12.6. The highest BCUT2D eigenvalue weighted by Gasteiger charge is 2.30. The van der Waals surface area contributed by atoms with Gasteiger partial charge in [0.15, 0.2) is 5.92 Å². The number of benzene rings is 3. The van der Waals surface area contributed by atoms with E-state index in [0.717, 1.165) is 22.4 Å². The molecular formula is C28H30N2O3. The van der Waals surface area contributed by atoms with Gasteiger partial charge in [0, 0.05) is 0 Å². The lowest BCUT2D eigenvalue weighted by Crippen LogP contribution is -2.29. The van der Waals surface area contributed by atoms with Crippen LogP contribution in [0.5, 0.6) is 5.75 Å². The molecule has 3 aromatic carbocycles. The summed E-state index contributed by atoms with van der Waals surface area (Å²) in [7, 11) is 0. The number of ether oxygens (including phenoxy) is 2. The van der Waals surface area contributed by atoms with Crippen LogP contribution in [0.2, 0.25) is 0 Å². The molecule has 2 unspecified atom stereocenters. The number of nitrogens with zero attached hydrogens (tertiary/aromatic N) is 1. The molecule has 2 atom stereocenters. The minimum atomic E-state index is -1.11. The molecule has 2 N–H and O–H groups in total. The second kappa shape index (κ2) is 10.8. The molecule has 170 valence electrons. The van der Waals surface area contributed by atoms with E-state index in [0.29, 0.717) is 12.2 Å². The summed E-state index contributed by atoms with van der Waals surface area (Å²) in [6.45, 7) is 6.81. The smallest absolute Gasteiger partial charge is 0.325 e. The van der Waals surface area contributed by atoms with Crippen molar-refractivity contribution in [1.82, 2.24) is 0 Å². The summed E-state index contributed by atoms with van der Waals surface area (Å²) in [5.41, 5.74) is 9.73. The summed E-state index contributed by atoms with van der Waals surface area (Å²) in [5.74, 6) is -0.990. The van der Waals surface area contributed by atoms with Crippen LogP contribution in [0.25, 0.3) is 0 Å². The van der Waals surface area contributed by atoms with Crippen LogP contribution in [-0.2, 0) is 28.2 Å². The van der Waals surface area contributed by atoms with Gasteiger partial charge in [0.2, 0.25) is 0 Å². The van der Waals surface area contributed by atoms with Crippen LogP contribution in [0.4, 0.5) is 0 Å². The van der Waals surface area contributed by atoms with E-state index >= 15 is 0 Å². The van der Waals surface area contributed by atoms with E-state index in [1.54, 1.807) is 0 Å². The molecule has 0 saturated carbocycles. The van der Waals surface area contributed by atoms with Crippen molar-refractivity contribution in [3.63, 3.8) is 0 Å². The van der Waals surface area contributed by atoms with E-state index in [1.165, 1.54) is 0 Å². The molecule has 33 heavy (non-hydrogen) atoms. The largest absolute Gasteiger partial charge is 0.489 e. The molecule has 0 spiro atoms. The summed E-state index contributed by atoms with van der Waals surface area (Å²) in [6, 6.07) is 26.1. The predicted octanol–water partition coefficient (Wildman–Crippen LogP) is 5.45. The first kappa shape index (κ1) is 24.0. The third-order valence-electron chi connectivity index (χ3n) is 5.41. The number of carbonyl (C=O) groups is 1. The molecule has 0 fully saturated rings. The first-order chi connectivity index (χ1) is 15.8. The van der Waals surface area contributed by atoms with Crippen LogP contribution in [0.3, 0.4) is 0 Å². The van der Waals surface area contributed by atoms with Crippen molar-refractivity contribution < 1.29 is 14.3 Å². The van der Waals surface area contributed by atoms with E-state index in [1.807, 2.05) is 84.9 Å². The van der Waals surface area contributed by atoms with Crippen LogP contribution in [0, 0.1) is 17.2 Å². The highest BCUT2D eigenvalue weighted by molar-refractivity contribution is 5.76. The Morgan fingerprint density at radius 3 is 2.06 bits per heavy atom. The highest BCUT2D eigenvalue weighted by atomic mass is 16.5. The fourth-order valence-corrected chi connectivity index (χ4v) is 3.49. The van der Waals surface area contributed by atoms with E-state index in [2.05, 4.69) is 20.8 Å². The fourth-order valence-electron chi connectivity index (χ4n) is 3.49. The molecule has 0 amide bonds. The normalized spacial score (nSPS) is 12.9. The summed E-state index contributed by atoms with van der Waals surface area (Å²) in [6.07, 6.45) is 0. The lowest BCUT2D eigenvalue weighted by molar-refractivity contribution is -0.148. The SMILES string of the molecule is CC(C)(C)c1cc(C(N)C(C#N)C(=O)OCc2ccccc2)ccc1OCc1ccccc1. The predicted molar refractivity (Wildman–Crippen MR) is 128 cm³/mol. The number of carbonyl (C=O) groups excluding carboxylic acids is 1. The van der Waals surface area contributed by atoms with Crippen molar-refractivity contribution in [3.8, 4) is 11.8 Å². The standard InChI is InChI=1S/C28H30N2O3/c1-28(2,3)24-16-22(14-15-25(24)32-18-20-10-6-4-7-11-20)26(30)23(17-29)27(31)33-19-21-12-8-5-9-13-21/h4-16,23,26H,18-19,30H2,1-3H3. The molecule has 3 rings (SSSR count). The number of hydrogen-bond acceptors (Lipinski definition) is 5. The third-order valence-corrected chi connectivity index (χ3v) is 5.41. The Morgan fingerprint density at radius 1 is 0.939 bits per heavy atom. The van der Waals surface area contributed by atoms with Crippen LogP contribution in [0.1, 0.15) is 49.1 Å². The van der Waals surface area contributed by atoms with Gasteiger partial charge >= 0.3 is 5.97 Å². The fraction of sp³-hybridized carbons (Fsp3) is 0.286. The van der Waals surface area contributed by atoms with Crippen molar-refractivity contribution in [2.45, 2.75) is 45.4 Å². The molecule has 0 aromatic heterocycles. The molecular weight excluding hydrogens is 412 g/mol. The molecule has 0 aliphatic carbocycles. The maximum atomic E-state index is 12.6.